The molecule has 8 heteroatoms. The number of aryl methyl sites for hydroxylation is 1. The summed E-state index contributed by atoms with van der Waals surface area (Å²) in [6.45, 7) is 0.420. The minimum absolute atomic E-state index is 0.150. The number of carbonyl (C=O) groups is 2. The van der Waals surface area contributed by atoms with E-state index in [9.17, 15) is 9.59 Å². The molecule has 1 aromatic carbocycles. The monoisotopic (exact) mass is 458 g/mol. The van der Waals surface area contributed by atoms with Gasteiger partial charge >= 0.3 is 0 Å². The van der Waals surface area contributed by atoms with Crippen molar-refractivity contribution in [2.24, 2.45) is 7.05 Å². The fraction of sp³-hybridized carbons (Fsp3) is 0.261. The third kappa shape index (κ3) is 6.09. The molecule has 3 rings (SSSR count). The van der Waals surface area contributed by atoms with E-state index in [0.717, 1.165) is 5.56 Å². The molecular formula is C23H24Cl2N4O2. The molecule has 2 amide bonds. The molecule has 162 valence electrons. The van der Waals surface area contributed by atoms with Gasteiger partial charge in [0.25, 0.3) is 11.8 Å². The van der Waals surface area contributed by atoms with E-state index in [-0.39, 0.29) is 28.7 Å². The van der Waals surface area contributed by atoms with Crippen LogP contribution in [0.2, 0.25) is 10.2 Å². The summed E-state index contributed by atoms with van der Waals surface area (Å²) in [6, 6.07) is 16.3. The molecule has 0 saturated heterocycles. The highest BCUT2D eigenvalue weighted by molar-refractivity contribution is 6.34. The van der Waals surface area contributed by atoms with Crippen molar-refractivity contribution in [3.8, 4) is 0 Å². The van der Waals surface area contributed by atoms with Crippen LogP contribution in [0.3, 0.4) is 0 Å². The maximum atomic E-state index is 13.1. The van der Waals surface area contributed by atoms with Crippen LogP contribution in [0, 0.1) is 0 Å². The third-order valence-corrected chi connectivity index (χ3v) is 5.51. The van der Waals surface area contributed by atoms with Gasteiger partial charge in [-0.15, -0.1) is 0 Å². The second-order valence-electron chi connectivity index (χ2n) is 7.30. The molecule has 0 fully saturated rings. The van der Waals surface area contributed by atoms with Gasteiger partial charge < -0.3 is 14.8 Å². The first-order valence-corrected chi connectivity index (χ1v) is 10.6. The van der Waals surface area contributed by atoms with Crippen LogP contribution in [0.4, 0.5) is 0 Å². The number of aromatic nitrogens is 2. The Labute approximate surface area is 191 Å². The first kappa shape index (κ1) is 22.8. The van der Waals surface area contributed by atoms with Gasteiger partial charge in [0.05, 0.1) is 0 Å². The van der Waals surface area contributed by atoms with Crippen molar-refractivity contribution in [1.29, 1.82) is 0 Å². The normalized spacial score (nSPS) is 11.7. The van der Waals surface area contributed by atoms with Crippen LogP contribution in [-0.4, -0.2) is 45.9 Å². The summed E-state index contributed by atoms with van der Waals surface area (Å²) in [5.41, 5.74) is 1.87. The van der Waals surface area contributed by atoms with Crippen molar-refractivity contribution < 1.29 is 9.59 Å². The number of benzene rings is 1. The summed E-state index contributed by atoms with van der Waals surface area (Å²) in [6.07, 6.45) is 3.03. The van der Waals surface area contributed by atoms with Gasteiger partial charge in [-0.05, 0) is 42.7 Å². The minimum Gasteiger partial charge on any atom is -0.351 e. The zero-order chi connectivity index (χ0) is 22.4. The molecule has 1 atom stereocenters. The van der Waals surface area contributed by atoms with E-state index in [1.807, 2.05) is 49.6 Å². The molecule has 3 aromatic rings. The summed E-state index contributed by atoms with van der Waals surface area (Å²) >= 11 is 12.0. The van der Waals surface area contributed by atoms with E-state index < -0.39 is 0 Å². The van der Waals surface area contributed by atoms with E-state index in [1.165, 1.54) is 12.1 Å². The zero-order valence-electron chi connectivity index (χ0n) is 17.4. The van der Waals surface area contributed by atoms with E-state index in [0.29, 0.717) is 30.1 Å². The SMILES string of the molecule is CN(C(=O)c1cc(Cl)cc(Cl)n1)C(CCNC(=O)c1cccn1C)Cc1ccccc1. The molecular weight excluding hydrogens is 435 g/mol. The number of nitrogens with one attached hydrogen (secondary N) is 1. The topological polar surface area (TPSA) is 67.2 Å². The highest BCUT2D eigenvalue weighted by Gasteiger charge is 2.23. The highest BCUT2D eigenvalue weighted by Crippen LogP contribution is 2.19. The lowest BCUT2D eigenvalue weighted by Crippen LogP contribution is -2.41. The van der Waals surface area contributed by atoms with Crippen LogP contribution in [0.5, 0.6) is 0 Å². The van der Waals surface area contributed by atoms with Crippen LogP contribution in [0.15, 0.2) is 60.8 Å². The number of carbonyl (C=O) groups excluding carboxylic acids is 2. The maximum absolute atomic E-state index is 13.1. The number of rotatable bonds is 8. The van der Waals surface area contributed by atoms with Crippen molar-refractivity contribution in [2.75, 3.05) is 13.6 Å². The van der Waals surface area contributed by atoms with Crippen molar-refractivity contribution in [2.45, 2.75) is 18.9 Å². The Morgan fingerprint density at radius 1 is 1.13 bits per heavy atom. The van der Waals surface area contributed by atoms with Crippen molar-refractivity contribution in [3.05, 3.63) is 87.9 Å². The number of halogens is 2. The first-order chi connectivity index (χ1) is 14.8. The Kier molecular flexibility index (Phi) is 7.71. The van der Waals surface area contributed by atoms with Crippen LogP contribution in [-0.2, 0) is 13.5 Å². The average Bonchev–Trinajstić information content (AvgIpc) is 3.18. The lowest BCUT2D eigenvalue weighted by molar-refractivity contribution is 0.0717. The minimum atomic E-state index is -0.279. The van der Waals surface area contributed by atoms with Crippen molar-refractivity contribution in [1.82, 2.24) is 19.8 Å². The fourth-order valence-corrected chi connectivity index (χ4v) is 3.85. The molecule has 0 saturated carbocycles. The maximum Gasteiger partial charge on any atom is 0.272 e. The second kappa shape index (κ2) is 10.5. The van der Waals surface area contributed by atoms with Crippen LogP contribution in [0.25, 0.3) is 0 Å². The summed E-state index contributed by atoms with van der Waals surface area (Å²) in [5.74, 6) is -0.428. The standard InChI is InChI=1S/C23H24Cl2N4O2/c1-28-12-6-9-20(28)22(30)26-11-10-18(13-16-7-4-3-5-8-16)29(2)23(31)19-14-17(24)15-21(25)27-19/h3-9,12,14-15,18H,10-11,13H2,1-2H3,(H,26,30). The average molecular weight is 459 g/mol. The largest absolute Gasteiger partial charge is 0.351 e. The summed E-state index contributed by atoms with van der Waals surface area (Å²) < 4.78 is 1.76. The number of hydrogen-bond donors (Lipinski definition) is 1. The number of nitrogens with zero attached hydrogens (tertiary/aromatic N) is 3. The molecule has 0 bridgehead atoms. The Bertz CT molecular complexity index is 1030. The van der Waals surface area contributed by atoms with Crippen molar-refractivity contribution in [3.63, 3.8) is 0 Å². The van der Waals surface area contributed by atoms with Gasteiger partial charge in [-0.1, -0.05) is 53.5 Å². The van der Waals surface area contributed by atoms with Gasteiger partial charge in [0.1, 0.15) is 16.5 Å². The Morgan fingerprint density at radius 2 is 1.87 bits per heavy atom. The van der Waals surface area contributed by atoms with Gasteiger partial charge in [-0.2, -0.15) is 0 Å². The molecule has 2 aromatic heterocycles. The molecule has 0 aliphatic carbocycles. The van der Waals surface area contributed by atoms with Gasteiger partial charge in [-0.25, -0.2) is 4.98 Å². The smallest absolute Gasteiger partial charge is 0.272 e. The van der Waals surface area contributed by atoms with Crippen molar-refractivity contribution >= 4 is 35.0 Å². The number of amides is 2. The van der Waals surface area contributed by atoms with Crippen LogP contribution in [0.1, 0.15) is 33.0 Å². The fourth-order valence-electron chi connectivity index (χ4n) is 3.38. The van der Waals surface area contributed by atoms with Crippen LogP contribution >= 0.6 is 23.2 Å². The second-order valence-corrected chi connectivity index (χ2v) is 8.13. The van der Waals surface area contributed by atoms with E-state index in [1.54, 1.807) is 22.6 Å². The zero-order valence-corrected chi connectivity index (χ0v) is 18.9. The molecule has 0 spiro atoms. The predicted octanol–water partition coefficient (Wildman–Crippen LogP) is 4.23. The molecule has 1 unspecified atom stereocenters. The molecule has 0 radical (unpaired) electrons. The van der Waals surface area contributed by atoms with E-state index in [4.69, 9.17) is 23.2 Å². The Balaban J connectivity index is 1.73. The quantitative estimate of drug-likeness (QED) is 0.513. The van der Waals surface area contributed by atoms with E-state index in [2.05, 4.69) is 10.3 Å². The third-order valence-electron chi connectivity index (χ3n) is 5.10. The first-order valence-electron chi connectivity index (χ1n) is 9.89. The molecule has 0 aliphatic rings. The number of hydrogen-bond acceptors (Lipinski definition) is 3. The summed E-state index contributed by atoms with van der Waals surface area (Å²) in [5, 5.41) is 3.46. The summed E-state index contributed by atoms with van der Waals surface area (Å²) in [7, 11) is 3.55. The number of pyridine rings is 1. The van der Waals surface area contributed by atoms with Gasteiger partial charge in [0.15, 0.2) is 0 Å². The molecule has 0 aliphatic heterocycles. The molecule has 1 N–H and O–H groups in total. The molecule has 6 nitrogen and oxygen atoms in total. The summed E-state index contributed by atoms with van der Waals surface area (Å²) in [4.78, 5) is 31.2. The van der Waals surface area contributed by atoms with Crippen LogP contribution < -0.4 is 5.32 Å². The lowest BCUT2D eigenvalue weighted by Gasteiger charge is -2.28. The van der Waals surface area contributed by atoms with Gasteiger partial charge in [0.2, 0.25) is 0 Å². The molecule has 2 heterocycles. The van der Waals surface area contributed by atoms with Gasteiger partial charge in [0, 0.05) is 37.9 Å². The lowest BCUT2D eigenvalue weighted by atomic mass is 10.0. The predicted molar refractivity (Wildman–Crippen MR) is 123 cm³/mol. The van der Waals surface area contributed by atoms with Gasteiger partial charge in [-0.3, -0.25) is 9.59 Å². The Hall–Kier alpha value is -2.83. The Morgan fingerprint density at radius 3 is 2.52 bits per heavy atom. The highest BCUT2D eigenvalue weighted by atomic mass is 35.5. The molecule has 31 heavy (non-hydrogen) atoms. The van der Waals surface area contributed by atoms with E-state index >= 15 is 0 Å². The number of likely N-dealkylation sites (N-methyl/N-ethyl adjacent to an activating group) is 1.